The van der Waals surface area contributed by atoms with E-state index in [1.54, 1.807) is 16.4 Å². The van der Waals surface area contributed by atoms with Crippen LogP contribution in [0, 0.1) is 11.6 Å². The number of aromatic carboxylic acids is 1. The van der Waals surface area contributed by atoms with Crippen LogP contribution in [-0.2, 0) is 6.42 Å². The number of nitrogens with zero attached hydrogens (tertiary/aromatic N) is 2. The van der Waals surface area contributed by atoms with Crippen molar-refractivity contribution >= 4 is 34.3 Å². The Morgan fingerprint density at radius 2 is 1.88 bits per heavy atom. The Labute approximate surface area is 186 Å². The molecule has 2 aliphatic rings. The Morgan fingerprint density at radius 1 is 1.19 bits per heavy atom. The summed E-state index contributed by atoms with van der Waals surface area (Å²) < 4.78 is 33.3. The maximum atomic E-state index is 16.1. The van der Waals surface area contributed by atoms with Crippen LogP contribution in [0.2, 0.25) is 0 Å². The zero-order valence-electron chi connectivity index (χ0n) is 17.3. The van der Waals surface area contributed by atoms with E-state index in [0.717, 1.165) is 5.56 Å². The molecule has 0 bridgehead atoms. The van der Waals surface area contributed by atoms with Crippen molar-refractivity contribution in [1.29, 1.82) is 0 Å². The summed E-state index contributed by atoms with van der Waals surface area (Å²) >= 11 is 1.20. The summed E-state index contributed by atoms with van der Waals surface area (Å²) in [6.45, 7) is 3.74. The summed E-state index contributed by atoms with van der Waals surface area (Å²) in [5.41, 5.74) is -0.526. The van der Waals surface area contributed by atoms with Gasteiger partial charge >= 0.3 is 5.97 Å². The van der Waals surface area contributed by atoms with Gasteiger partial charge in [0.05, 0.1) is 15.9 Å². The number of halogens is 2. The minimum atomic E-state index is -1.39. The molecule has 6 nitrogen and oxygen atoms in total. The summed E-state index contributed by atoms with van der Waals surface area (Å²) in [7, 11) is 0. The Bertz CT molecular complexity index is 1300. The molecule has 3 heterocycles. The van der Waals surface area contributed by atoms with Gasteiger partial charge < -0.3 is 19.9 Å². The molecule has 2 N–H and O–H groups in total. The van der Waals surface area contributed by atoms with Crippen molar-refractivity contribution in [2.45, 2.75) is 23.7 Å². The number of aromatic nitrogens is 1. The lowest BCUT2D eigenvalue weighted by molar-refractivity contribution is 0.0689. The number of anilines is 1. The van der Waals surface area contributed by atoms with Gasteiger partial charge in [0.1, 0.15) is 16.6 Å². The van der Waals surface area contributed by atoms with E-state index >= 15 is 8.78 Å². The predicted molar refractivity (Wildman–Crippen MR) is 120 cm³/mol. The zero-order valence-corrected chi connectivity index (χ0v) is 18.1. The Morgan fingerprint density at radius 3 is 2.50 bits per heavy atom. The molecule has 1 fully saturated rings. The molecule has 1 unspecified atom stereocenters. The van der Waals surface area contributed by atoms with E-state index in [0.29, 0.717) is 26.2 Å². The predicted octanol–water partition coefficient (Wildman–Crippen LogP) is 3.60. The third-order valence-corrected chi connectivity index (χ3v) is 7.43. The molecule has 0 spiro atoms. The van der Waals surface area contributed by atoms with Crippen LogP contribution < -0.4 is 15.6 Å². The monoisotopic (exact) mass is 457 g/mol. The number of rotatable bonds is 4. The third kappa shape index (κ3) is 2.95. The zero-order chi connectivity index (χ0) is 22.6. The highest BCUT2D eigenvalue weighted by molar-refractivity contribution is 8.00. The second-order valence-corrected chi connectivity index (χ2v) is 8.90. The lowest BCUT2D eigenvalue weighted by Gasteiger charge is -2.37. The molecule has 32 heavy (non-hydrogen) atoms. The molecular weight excluding hydrogens is 436 g/mol. The number of aryl methyl sites for hydroxylation is 1. The van der Waals surface area contributed by atoms with Crippen LogP contribution in [0.4, 0.5) is 14.5 Å². The fourth-order valence-electron chi connectivity index (χ4n) is 4.60. The van der Waals surface area contributed by atoms with Crippen LogP contribution in [0.3, 0.4) is 0 Å². The van der Waals surface area contributed by atoms with Gasteiger partial charge in [-0.05, 0) is 12.0 Å². The first-order valence-electron chi connectivity index (χ1n) is 10.5. The molecule has 9 heteroatoms. The van der Waals surface area contributed by atoms with E-state index in [-0.39, 0.29) is 33.6 Å². The number of nitrogens with one attached hydrogen (secondary N) is 1. The normalized spacial score (nSPS) is 17.8. The first-order valence-corrected chi connectivity index (χ1v) is 11.4. The van der Waals surface area contributed by atoms with E-state index in [1.807, 2.05) is 30.3 Å². The third-order valence-electron chi connectivity index (χ3n) is 6.10. The number of carboxylic acid groups (broad SMARTS) is 1. The van der Waals surface area contributed by atoms with Gasteiger partial charge in [-0.2, -0.15) is 0 Å². The summed E-state index contributed by atoms with van der Waals surface area (Å²) in [5.74, 6) is -2.99. The molecule has 5 rings (SSSR count). The molecular formula is C23H21F2N3O3S. The van der Waals surface area contributed by atoms with Gasteiger partial charge in [0.25, 0.3) is 0 Å². The number of hydrogen-bond acceptors (Lipinski definition) is 5. The minimum Gasteiger partial charge on any atom is -0.477 e. The summed E-state index contributed by atoms with van der Waals surface area (Å²) in [4.78, 5) is 26.9. The Balaban J connectivity index is 1.90. The molecule has 0 amide bonds. The number of thioether (sulfide) groups is 1. The van der Waals surface area contributed by atoms with Gasteiger partial charge in [0, 0.05) is 31.7 Å². The average Bonchev–Trinajstić information content (AvgIpc) is 2.78. The highest BCUT2D eigenvalue weighted by Gasteiger charge is 2.39. The maximum Gasteiger partial charge on any atom is 0.342 e. The maximum absolute atomic E-state index is 16.1. The fourth-order valence-corrected chi connectivity index (χ4v) is 5.87. The number of fused-ring (bicyclic) bond motifs is 3. The molecule has 0 saturated carbocycles. The lowest BCUT2D eigenvalue weighted by atomic mass is 9.99. The van der Waals surface area contributed by atoms with Crippen LogP contribution >= 0.6 is 11.8 Å². The van der Waals surface area contributed by atoms with Crippen molar-refractivity contribution in [1.82, 2.24) is 9.88 Å². The second-order valence-electron chi connectivity index (χ2n) is 7.83. The number of piperazine rings is 1. The molecule has 2 aromatic carbocycles. The molecule has 2 aliphatic heterocycles. The van der Waals surface area contributed by atoms with E-state index in [2.05, 4.69) is 5.32 Å². The van der Waals surface area contributed by atoms with Crippen molar-refractivity contribution in [3.8, 4) is 0 Å². The number of pyridine rings is 1. The fraction of sp³-hybridized carbons (Fsp3) is 0.304. The quantitative estimate of drug-likeness (QED) is 0.624. The number of hydrogen-bond donors (Lipinski definition) is 2. The van der Waals surface area contributed by atoms with Gasteiger partial charge in [0.15, 0.2) is 11.6 Å². The number of carbonyl (C=O) groups is 1. The van der Waals surface area contributed by atoms with Crippen LogP contribution in [-0.4, -0.2) is 41.8 Å². The lowest BCUT2D eigenvalue weighted by Crippen LogP contribution is -2.44. The van der Waals surface area contributed by atoms with Crippen molar-refractivity contribution in [3.05, 3.63) is 68.9 Å². The highest BCUT2D eigenvalue weighted by Crippen LogP contribution is 2.51. The van der Waals surface area contributed by atoms with E-state index in [4.69, 9.17) is 0 Å². The standard InChI is InChI=1S/C23H21F2N3O3S/c1-2-13-14-18(17(25)19(16(13)24)27-10-8-26-9-11-27)28-21(12-6-4-3-5-7-12)32-22(28)15(20(14)29)23(30)31/h3-7,21,26H,2,8-11H2,1H3,(H,30,31). The number of carboxylic acids is 1. The van der Waals surface area contributed by atoms with Gasteiger partial charge in [-0.1, -0.05) is 49.0 Å². The van der Waals surface area contributed by atoms with Crippen LogP contribution in [0.1, 0.15) is 33.8 Å². The molecule has 166 valence electrons. The minimum absolute atomic E-state index is 0.0191. The van der Waals surface area contributed by atoms with E-state index in [1.165, 1.54) is 11.8 Å². The molecule has 0 radical (unpaired) electrons. The molecule has 1 saturated heterocycles. The topological polar surface area (TPSA) is 74.6 Å². The van der Waals surface area contributed by atoms with Crippen LogP contribution in [0.5, 0.6) is 0 Å². The molecule has 1 atom stereocenters. The summed E-state index contributed by atoms with van der Waals surface area (Å²) in [6, 6.07) is 9.27. The van der Waals surface area contributed by atoms with Crippen molar-refractivity contribution < 1.29 is 18.7 Å². The summed E-state index contributed by atoms with van der Waals surface area (Å²) in [6.07, 6.45) is 0.137. The summed E-state index contributed by atoms with van der Waals surface area (Å²) in [5, 5.41) is 12.5. The SMILES string of the molecule is CCc1c(F)c(N2CCNCC2)c(F)c2c1c(=O)c(C(=O)O)c1n2C(c2ccccc2)S1. The highest BCUT2D eigenvalue weighted by atomic mass is 32.2. The van der Waals surface area contributed by atoms with Crippen LogP contribution in [0.15, 0.2) is 40.2 Å². The first-order chi connectivity index (χ1) is 15.5. The molecule has 1 aromatic heterocycles. The van der Waals surface area contributed by atoms with Crippen molar-refractivity contribution in [2.75, 3.05) is 31.1 Å². The average molecular weight is 458 g/mol. The van der Waals surface area contributed by atoms with E-state index in [9.17, 15) is 14.7 Å². The van der Waals surface area contributed by atoms with Crippen LogP contribution in [0.25, 0.3) is 10.9 Å². The largest absolute Gasteiger partial charge is 0.477 e. The van der Waals surface area contributed by atoms with E-state index < -0.39 is 34.0 Å². The van der Waals surface area contributed by atoms with Gasteiger partial charge in [-0.25, -0.2) is 13.6 Å². The van der Waals surface area contributed by atoms with Crippen molar-refractivity contribution in [2.24, 2.45) is 0 Å². The first kappa shape index (κ1) is 21.0. The second kappa shape index (κ2) is 7.90. The Kier molecular flexibility index (Phi) is 5.17. The number of benzene rings is 2. The van der Waals surface area contributed by atoms with Gasteiger partial charge in [0.2, 0.25) is 5.43 Å². The molecule has 0 aliphatic carbocycles. The van der Waals surface area contributed by atoms with Gasteiger partial charge in [-0.15, -0.1) is 0 Å². The smallest absolute Gasteiger partial charge is 0.342 e. The van der Waals surface area contributed by atoms with Gasteiger partial charge in [-0.3, -0.25) is 4.79 Å². The Hall–Kier alpha value is -2.91. The molecule has 3 aromatic rings. The van der Waals surface area contributed by atoms with Crippen molar-refractivity contribution in [3.63, 3.8) is 0 Å².